The molecule has 0 radical (unpaired) electrons. The molecule has 2 aromatic heterocycles. The molecule has 0 saturated carbocycles. The number of thiophene rings is 2. The molecule has 0 aliphatic heterocycles. The summed E-state index contributed by atoms with van der Waals surface area (Å²) >= 11 is 8.17. The summed E-state index contributed by atoms with van der Waals surface area (Å²) in [6, 6.07) is 9.38. The van der Waals surface area contributed by atoms with Crippen LogP contribution in [0, 0.1) is 0 Å². The van der Waals surface area contributed by atoms with Crippen LogP contribution in [0.25, 0.3) is 9.40 Å². The number of carbonyl (C=O) groups is 2. The molecule has 150 valence electrons. The number of anilines is 1. The number of rotatable bonds is 6. The minimum Gasteiger partial charge on any atom is -0.462 e. The van der Waals surface area contributed by atoms with E-state index < -0.39 is 11.9 Å². The maximum absolute atomic E-state index is 12.4. The predicted octanol–water partition coefficient (Wildman–Crippen LogP) is 5.69. The highest BCUT2D eigenvalue weighted by atomic mass is 35.5. The molecule has 3 aromatic rings. The van der Waals surface area contributed by atoms with Crippen molar-refractivity contribution in [1.82, 2.24) is 0 Å². The predicted molar refractivity (Wildman–Crippen MR) is 117 cm³/mol. The van der Waals surface area contributed by atoms with Crippen LogP contribution in [0.1, 0.15) is 33.2 Å². The first-order chi connectivity index (χ1) is 14.0. The Labute approximate surface area is 179 Å². The normalized spacial score (nSPS) is 10.4. The highest BCUT2D eigenvalue weighted by molar-refractivity contribution is 7.40. The Morgan fingerprint density at radius 2 is 1.62 bits per heavy atom. The molecule has 2 heterocycles. The Morgan fingerprint density at radius 3 is 2.24 bits per heavy atom. The molecule has 1 aromatic carbocycles. The number of ether oxygens (including phenoxy) is 2. The van der Waals surface area contributed by atoms with Crippen molar-refractivity contribution in [3.8, 4) is 0 Å². The third-order valence-corrected chi connectivity index (χ3v) is 6.33. The second kappa shape index (κ2) is 9.19. The molecule has 29 heavy (non-hydrogen) atoms. The van der Waals surface area contributed by atoms with Crippen molar-refractivity contribution in [2.75, 3.05) is 18.9 Å². The molecule has 0 fully saturated rings. The van der Waals surface area contributed by atoms with Gasteiger partial charge in [-0.2, -0.15) is 9.98 Å². The molecule has 7 nitrogen and oxygen atoms in total. The van der Waals surface area contributed by atoms with E-state index in [9.17, 15) is 9.59 Å². The Kier molecular flexibility index (Phi) is 6.66. The number of halogens is 1. The van der Waals surface area contributed by atoms with E-state index in [0.717, 1.165) is 22.7 Å². The Morgan fingerprint density at radius 1 is 1.03 bits per heavy atom. The average Bonchev–Trinajstić information content (AvgIpc) is 3.21. The lowest BCUT2D eigenvalue weighted by Gasteiger charge is -2.01. The summed E-state index contributed by atoms with van der Waals surface area (Å²) in [5.74, 6) is -1.04. The number of benzene rings is 1. The Balaban J connectivity index is 2.11. The zero-order valence-electron chi connectivity index (χ0n) is 15.5. The topological polar surface area (TPSA) is 103 Å². The van der Waals surface area contributed by atoms with Gasteiger partial charge in [-0.25, -0.2) is 9.59 Å². The lowest BCUT2D eigenvalue weighted by molar-refractivity contribution is 0.0524. The highest BCUT2D eigenvalue weighted by Gasteiger charge is 2.27. The van der Waals surface area contributed by atoms with E-state index in [-0.39, 0.29) is 34.3 Å². The molecule has 0 bridgehead atoms. The van der Waals surface area contributed by atoms with E-state index in [4.69, 9.17) is 26.8 Å². The summed E-state index contributed by atoms with van der Waals surface area (Å²) in [6.07, 6.45) is 0. The van der Waals surface area contributed by atoms with Gasteiger partial charge in [0.2, 0.25) is 0 Å². The number of nitrogen functional groups attached to an aromatic ring is 1. The summed E-state index contributed by atoms with van der Waals surface area (Å²) in [7, 11) is 0. The van der Waals surface area contributed by atoms with Gasteiger partial charge in [0, 0.05) is 5.02 Å². The van der Waals surface area contributed by atoms with Crippen molar-refractivity contribution in [1.29, 1.82) is 0 Å². The van der Waals surface area contributed by atoms with Gasteiger partial charge in [0.1, 0.15) is 21.5 Å². The average molecular weight is 450 g/mol. The van der Waals surface area contributed by atoms with Crippen molar-refractivity contribution in [2.24, 2.45) is 9.98 Å². The first-order valence-electron chi connectivity index (χ1n) is 8.57. The maximum atomic E-state index is 12.4. The summed E-state index contributed by atoms with van der Waals surface area (Å²) in [6.45, 7) is 3.88. The molecule has 0 aliphatic carbocycles. The van der Waals surface area contributed by atoms with Crippen molar-refractivity contribution < 1.29 is 19.1 Å². The van der Waals surface area contributed by atoms with Gasteiger partial charge in [0.25, 0.3) is 0 Å². The van der Waals surface area contributed by atoms with Crippen molar-refractivity contribution in [2.45, 2.75) is 13.8 Å². The van der Waals surface area contributed by atoms with E-state index in [1.807, 2.05) is 0 Å². The van der Waals surface area contributed by atoms with E-state index in [1.165, 1.54) is 0 Å². The molecule has 0 atom stereocenters. The number of nitrogens with zero attached hydrogens (tertiary/aromatic N) is 2. The van der Waals surface area contributed by atoms with Gasteiger partial charge in [-0.1, -0.05) is 11.6 Å². The van der Waals surface area contributed by atoms with Gasteiger partial charge in [-0.05, 0) is 38.1 Å². The number of carbonyl (C=O) groups excluding carboxylic acids is 2. The molecule has 0 amide bonds. The molecule has 0 saturated heterocycles. The first-order valence-corrected chi connectivity index (χ1v) is 10.6. The largest absolute Gasteiger partial charge is 0.462 e. The van der Waals surface area contributed by atoms with E-state index in [0.29, 0.717) is 20.1 Å². The Hall–Kier alpha value is -2.71. The van der Waals surface area contributed by atoms with Gasteiger partial charge in [0.05, 0.1) is 34.0 Å². The van der Waals surface area contributed by atoms with Crippen LogP contribution in [-0.2, 0) is 9.47 Å². The monoisotopic (exact) mass is 449 g/mol. The minimum atomic E-state index is -0.523. The fraction of sp³-hybridized carbons (Fsp3) is 0.211. The molecular weight excluding hydrogens is 434 g/mol. The Bertz CT molecular complexity index is 1130. The molecule has 0 spiro atoms. The van der Waals surface area contributed by atoms with Gasteiger partial charge >= 0.3 is 11.9 Å². The number of aliphatic imine (C=N–C) groups is 2. The van der Waals surface area contributed by atoms with Crippen LogP contribution in [0.3, 0.4) is 0 Å². The fourth-order valence-corrected chi connectivity index (χ4v) is 4.93. The molecule has 0 aliphatic rings. The lowest BCUT2D eigenvalue weighted by atomic mass is 10.2. The van der Waals surface area contributed by atoms with Crippen molar-refractivity contribution >= 4 is 78.7 Å². The molecular formula is C19H16ClN3O4S2. The molecule has 10 heteroatoms. The number of nitrogens with two attached hydrogens (primary N) is 1. The minimum absolute atomic E-state index is 0.210. The SMILES string of the molecule is CCOC(=O)c1sc2sc(C(=O)OCC)c(N=C=Nc3ccc(Cl)cc3)c2c1N. The summed E-state index contributed by atoms with van der Waals surface area (Å²) in [5, 5.41) is 1.08. The van der Waals surface area contributed by atoms with Crippen LogP contribution in [-0.4, -0.2) is 31.2 Å². The van der Waals surface area contributed by atoms with Gasteiger partial charge in [-0.3, -0.25) is 0 Å². The second-order valence-electron chi connectivity index (χ2n) is 5.53. The third kappa shape index (κ3) is 4.49. The third-order valence-electron chi connectivity index (χ3n) is 3.65. The van der Waals surface area contributed by atoms with Crippen LogP contribution >= 0.6 is 34.3 Å². The van der Waals surface area contributed by atoms with Crippen LogP contribution in [0.15, 0.2) is 34.3 Å². The van der Waals surface area contributed by atoms with E-state index in [1.54, 1.807) is 38.1 Å². The summed E-state index contributed by atoms with van der Waals surface area (Å²) < 4.78 is 10.8. The molecule has 0 unspecified atom stereocenters. The molecule has 2 N–H and O–H groups in total. The molecule has 3 rings (SSSR count). The van der Waals surface area contributed by atoms with Crippen LogP contribution in [0.2, 0.25) is 5.02 Å². The van der Waals surface area contributed by atoms with Gasteiger partial charge in [-0.15, -0.1) is 22.7 Å². The van der Waals surface area contributed by atoms with E-state index >= 15 is 0 Å². The lowest BCUT2D eigenvalue weighted by Crippen LogP contribution is -2.05. The summed E-state index contributed by atoms with van der Waals surface area (Å²) in [5.41, 5.74) is 7.26. The van der Waals surface area contributed by atoms with Crippen molar-refractivity contribution in [3.05, 3.63) is 39.0 Å². The maximum Gasteiger partial charge on any atom is 0.350 e. The summed E-state index contributed by atoms with van der Waals surface area (Å²) in [4.78, 5) is 33.4. The number of hydrogen-bond donors (Lipinski definition) is 1. The number of hydrogen-bond acceptors (Lipinski definition) is 9. The number of fused-ring (bicyclic) bond motifs is 1. The zero-order valence-corrected chi connectivity index (χ0v) is 17.9. The van der Waals surface area contributed by atoms with Crippen molar-refractivity contribution in [3.63, 3.8) is 0 Å². The second-order valence-corrected chi connectivity index (χ2v) is 8.26. The zero-order chi connectivity index (χ0) is 21.0. The van der Waals surface area contributed by atoms with E-state index in [2.05, 4.69) is 16.0 Å². The fourth-order valence-electron chi connectivity index (χ4n) is 2.41. The van der Waals surface area contributed by atoms with Crippen LogP contribution in [0.5, 0.6) is 0 Å². The van der Waals surface area contributed by atoms with Gasteiger partial charge in [0.15, 0.2) is 0 Å². The number of esters is 2. The van der Waals surface area contributed by atoms with Crippen LogP contribution in [0.4, 0.5) is 17.1 Å². The van der Waals surface area contributed by atoms with Gasteiger partial charge < -0.3 is 15.2 Å². The highest BCUT2D eigenvalue weighted by Crippen LogP contribution is 2.47. The standard InChI is InChI=1S/C19H16ClN3O4S2/c1-3-26-17(24)15-13(21)12-14(16(18(25)27-4-2)29-19(12)28-15)23-9-22-11-7-5-10(20)6-8-11/h5-8H,3-4,21H2,1-2H3. The van der Waals surface area contributed by atoms with Crippen LogP contribution < -0.4 is 5.73 Å². The quantitative estimate of drug-likeness (QED) is 0.384. The smallest absolute Gasteiger partial charge is 0.350 e. The first kappa shape index (κ1) is 21.0.